The molecule has 0 aliphatic heterocycles. The largest absolute Gasteiger partial charge is 0.420 e. The molecule has 2 aromatic carbocycles. The number of benzene rings is 2. The second-order valence-corrected chi connectivity index (χ2v) is 10.9. The summed E-state index contributed by atoms with van der Waals surface area (Å²) in [5.41, 5.74) is 6.28. The van der Waals surface area contributed by atoms with E-state index in [-0.39, 0.29) is 5.52 Å². The van der Waals surface area contributed by atoms with Gasteiger partial charge < -0.3 is 0 Å². The molecule has 0 amide bonds. The van der Waals surface area contributed by atoms with Gasteiger partial charge in [-0.05, 0) is 81.2 Å². The molecule has 0 radical (unpaired) electrons. The molecule has 2 rings (SSSR count). The maximum absolute atomic E-state index is 12.8. The minimum Gasteiger partial charge on any atom is -0.234 e. The quantitative estimate of drug-likeness (QED) is 0.199. The highest BCUT2D eigenvalue weighted by atomic mass is 31.1. The summed E-state index contributed by atoms with van der Waals surface area (Å²) in [6.07, 6.45) is 14.1. The molecule has 0 fully saturated rings. The molecule has 0 aliphatic rings. The first kappa shape index (κ1) is 26.5. The van der Waals surface area contributed by atoms with Crippen molar-refractivity contribution in [3.05, 3.63) is 69.8 Å². The van der Waals surface area contributed by atoms with Crippen LogP contribution in [-0.2, 0) is 11.0 Å². The molecule has 0 saturated heterocycles. The lowest BCUT2D eigenvalue weighted by Crippen LogP contribution is -2.05. The van der Waals surface area contributed by atoms with E-state index in [4.69, 9.17) is 0 Å². The molecule has 0 spiro atoms. The highest BCUT2D eigenvalue weighted by Gasteiger charge is 2.32. The summed E-state index contributed by atoms with van der Waals surface area (Å²) in [6.45, 7) is 8.04. The predicted molar refractivity (Wildman–Crippen MR) is 139 cm³/mol. The number of carbonyl (C=O) groups is 1. The number of hydrogen-bond acceptors (Lipinski definition) is 2. The van der Waals surface area contributed by atoms with E-state index in [2.05, 4.69) is 37.3 Å². The number of hydrogen-bond donors (Lipinski definition) is 0. The Morgan fingerprint density at radius 3 is 1.81 bits per heavy atom. The summed E-state index contributed by atoms with van der Waals surface area (Å²) in [5, 5.41) is 0. The molecule has 0 aliphatic carbocycles. The molecule has 3 heteroatoms. The summed E-state index contributed by atoms with van der Waals surface area (Å²) in [4.78, 5) is 12.8. The minimum absolute atomic E-state index is 0.148. The Morgan fingerprint density at radius 2 is 1.22 bits per heavy atom. The molecule has 0 bridgehead atoms. The van der Waals surface area contributed by atoms with Crippen LogP contribution in [0, 0.1) is 27.7 Å². The third-order valence-corrected chi connectivity index (χ3v) is 8.12. The SMILES string of the molecule is Cc1cc(C)c(C(=O)[P+](=O)CCCCCCCCCCCCc2ccccc2)c(C)c1C. The topological polar surface area (TPSA) is 34.1 Å². The van der Waals surface area contributed by atoms with Crippen LogP contribution >= 0.6 is 7.80 Å². The van der Waals surface area contributed by atoms with Gasteiger partial charge >= 0.3 is 13.3 Å². The lowest BCUT2D eigenvalue weighted by Gasteiger charge is -2.10. The van der Waals surface area contributed by atoms with Crippen molar-refractivity contribution in [2.24, 2.45) is 0 Å². The van der Waals surface area contributed by atoms with E-state index in [1.807, 2.05) is 26.8 Å². The Morgan fingerprint density at radius 1 is 0.688 bits per heavy atom. The number of carbonyl (C=O) groups excluding carboxylic acids is 1. The maximum Gasteiger partial charge on any atom is 0.420 e. The van der Waals surface area contributed by atoms with Crippen LogP contribution in [0.15, 0.2) is 36.4 Å². The monoisotopic (exact) mass is 453 g/mol. The minimum atomic E-state index is -1.81. The molecule has 174 valence electrons. The molecule has 2 aromatic rings. The zero-order valence-corrected chi connectivity index (χ0v) is 21.6. The first-order valence-electron chi connectivity index (χ1n) is 12.5. The van der Waals surface area contributed by atoms with E-state index in [1.165, 1.54) is 68.9 Å². The van der Waals surface area contributed by atoms with Gasteiger partial charge in [0.15, 0.2) is 6.16 Å². The molecule has 1 unspecified atom stereocenters. The second kappa shape index (κ2) is 14.4. The fourth-order valence-electron chi connectivity index (χ4n) is 4.48. The van der Waals surface area contributed by atoms with Crippen LogP contribution in [0.5, 0.6) is 0 Å². The van der Waals surface area contributed by atoms with Gasteiger partial charge in [-0.25, -0.2) is 4.79 Å². The third kappa shape index (κ3) is 8.62. The lowest BCUT2D eigenvalue weighted by atomic mass is 9.95. The van der Waals surface area contributed by atoms with Gasteiger partial charge in [-0.1, -0.05) is 85.9 Å². The van der Waals surface area contributed by atoms with Crippen molar-refractivity contribution in [1.29, 1.82) is 0 Å². The van der Waals surface area contributed by atoms with Crippen LogP contribution in [0.2, 0.25) is 0 Å². The summed E-state index contributed by atoms with van der Waals surface area (Å²) in [6, 6.07) is 12.8. The molecule has 32 heavy (non-hydrogen) atoms. The van der Waals surface area contributed by atoms with Crippen molar-refractivity contribution in [2.75, 3.05) is 6.16 Å². The van der Waals surface area contributed by atoms with Crippen LogP contribution in [0.4, 0.5) is 0 Å². The normalized spacial score (nSPS) is 11.6. The van der Waals surface area contributed by atoms with Crippen molar-refractivity contribution in [1.82, 2.24) is 0 Å². The Hall–Kier alpha value is -1.79. The fraction of sp³-hybridized carbons (Fsp3) is 0.552. The van der Waals surface area contributed by atoms with E-state index in [9.17, 15) is 9.36 Å². The van der Waals surface area contributed by atoms with Crippen molar-refractivity contribution in [3.63, 3.8) is 0 Å². The van der Waals surface area contributed by atoms with Crippen molar-refractivity contribution >= 4 is 13.3 Å². The van der Waals surface area contributed by atoms with Crippen LogP contribution in [-0.4, -0.2) is 11.7 Å². The van der Waals surface area contributed by atoms with E-state index >= 15 is 0 Å². The van der Waals surface area contributed by atoms with Crippen molar-refractivity contribution in [3.8, 4) is 0 Å². The third-order valence-electron chi connectivity index (χ3n) is 6.72. The molecular formula is C29H42O2P+. The average molecular weight is 454 g/mol. The molecule has 0 N–H and O–H groups in total. The van der Waals surface area contributed by atoms with E-state index < -0.39 is 7.80 Å². The summed E-state index contributed by atoms with van der Waals surface area (Å²) in [7, 11) is -1.81. The molecule has 0 aromatic heterocycles. The van der Waals surface area contributed by atoms with Gasteiger partial charge in [0.25, 0.3) is 0 Å². The Labute approximate surface area is 197 Å². The molecular weight excluding hydrogens is 411 g/mol. The Kier molecular flexibility index (Phi) is 11.9. The van der Waals surface area contributed by atoms with Crippen molar-refractivity contribution in [2.45, 2.75) is 98.3 Å². The first-order chi connectivity index (χ1) is 15.4. The maximum atomic E-state index is 12.8. The van der Waals surface area contributed by atoms with Gasteiger partial charge in [0.2, 0.25) is 0 Å². The van der Waals surface area contributed by atoms with Gasteiger partial charge in [0.1, 0.15) is 0 Å². The van der Waals surface area contributed by atoms with E-state index in [0.717, 1.165) is 29.5 Å². The van der Waals surface area contributed by atoms with Gasteiger partial charge in [0, 0.05) is 0 Å². The smallest absolute Gasteiger partial charge is 0.234 e. The highest BCUT2D eigenvalue weighted by Crippen LogP contribution is 2.33. The predicted octanol–water partition coefficient (Wildman–Crippen LogP) is 9.03. The van der Waals surface area contributed by atoms with Gasteiger partial charge in [-0.15, -0.1) is 0 Å². The molecule has 2 nitrogen and oxygen atoms in total. The van der Waals surface area contributed by atoms with Crippen LogP contribution < -0.4 is 0 Å². The van der Waals surface area contributed by atoms with Crippen LogP contribution in [0.25, 0.3) is 0 Å². The zero-order chi connectivity index (χ0) is 23.3. The Bertz CT molecular complexity index is 870. The summed E-state index contributed by atoms with van der Waals surface area (Å²) >= 11 is 0. The van der Waals surface area contributed by atoms with Gasteiger partial charge in [-0.2, -0.15) is 0 Å². The summed E-state index contributed by atoms with van der Waals surface area (Å²) in [5.74, 6) is 0. The number of aryl methyl sites for hydroxylation is 3. The average Bonchev–Trinajstić information content (AvgIpc) is 2.78. The van der Waals surface area contributed by atoms with Crippen LogP contribution in [0.1, 0.15) is 102 Å². The summed E-state index contributed by atoms with van der Waals surface area (Å²) < 4.78 is 12.6. The number of unbranched alkanes of at least 4 members (excludes halogenated alkanes) is 9. The van der Waals surface area contributed by atoms with Gasteiger partial charge in [-0.3, -0.25) is 0 Å². The Balaban J connectivity index is 1.51. The van der Waals surface area contributed by atoms with E-state index in [1.54, 1.807) is 0 Å². The molecule has 0 saturated carbocycles. The standard InChI is InChI=1S/C29H42O2P/c1-23-22-24(2)28(26(4)25(23)3)29(30)32(31)21-17-12-10-8-6-5-7-9-11-14-18-27-19-15-13-16-20-27/h13,15-16,19-20,22H,5-12,14,17-18,21H2,1-4H3/q+1. The van der Waals surface area contributed by atoms with E-state index in [0.29, 0.717) is 11.7 Å². The second-order valence-electron chi connectivity index (χ2n) is 9.31. The molecule has 0 heterocycles. The van der Waals surface area contributed by atoms with Crippen molar-refractivity contribution < 1.29 is 9.36 Å². The lowest BCUT2D eigenvalue weighted by molar-refractivity contribution is 0.107. The number of rotatable bonds is 15. The van der Waals surface area contributed by atoms with Gasteiger partial charge in [0.05, 0.1) is 5.56 Å². The first-order valence-corrected chi connectivity index (χ1v) is 14.0. The zero-order valence-electron chi connectivity index (χ0n) is 20.7. The fourth-order valence-corrected chi connectivity index (χ4v) is 5.79. The molecule has 1 atom stereocenters. The van der Waals surface area contributed by atoms with Crippen LogP contribution in [0.3, 0.4) is 0 Å². The highest BCUT2D eigenvalue weighted by molar-refractivity contribution is 7.64.